The number of nitrogens with zero attached hydrogens (tertiary/aromatic N) is 4. The van der Waals surface area contributed by atoms with Gasteiger partial charge in [0.1, 0.15) is 5.82 Å². The maximum Gasteiger partial charge on any atom is 0.312 e. The Balaban J connectivity index is 1.49. The Morgan fingerprint density at radius 2 is 1.35 bits per heavy atom. The first-order valence-corrected chi connectivity index (χ1v) is 9.00. The zero-order chi connectivity index (χ0) is 18.5. The Morgan fingerprint density at radius 3 is 1.85 bits per heavy atom. The third-order valence-electron chi connectivity index (χ3n) is 5.02. The molecule has 0 unspecified atom stereocenters. The first-order chi connectivity index (χ1) is 12.6. The molecule has 142 valence electrons. The molecule has 1 aromatic rings. The maximum absolute atomic E-state index is 13.0. The Labute approximate surface area is 152 Å². The highest BCUT2D eigenvalue weighted by Gasteiger charge is 2.31. The van der Waals surface area contributed by atoms with Crippen LogP contribution in [0.15, 0.2) is 24.3 Å². The van der Waals surface area contributed by atoms with E-state index in [1.54, 1.807) is 21.9 Å². The molecular formula is C18H25FN4O3. The molecule has 2 aliphatic rings. The normalized spacial score (nSPS) is 18.9. The molecule has 7 nitrogen and oxygen atoms in total. The van der Waals surface area contributed by atoms with Crippen molar-refractivity contribution >= 4 is 17.5 Å². The summed E-state index contributed by atoms with van der Waals surface area (Å²) in [5.41, 5.74) is 0.921. The van der Waals surface area contributed by atoms with E-state index in [0.29, 0.717) is 58.9 Å². The van der Waals surface area contributed by atoms with Gasteiger partial charge in [0, 0.05) is 64.6 Å². The molecule has 0 atom stereocenters. The summed E-state index contributed by atoms with van der Waals surface area (Å²) >= 11 is 0. The predicted octanol–water partition coefficient (Wildman–Crippen LogP) is -0.389. The largest absolute Gasteiger partial charge is 0.395 e. The van der Waals surface area contributed by atoms with Crippen molar-refractivity contribution in [1.82, 2.24) is 14.7 Å². The van der Waals surface area contributed by atoms with E-state index in [-0.39, 0.29) is 12.4 Å². The second kappa shape index (κ2) is 8.46. The number of aliphatic hydroxyl groups is 1. The minimum absolute atomic E-state index is 0.102. The number of rotatable bonds is 3. The average molecular weight is 364 g/mol. The van der Waals surface area contributed by atoms with Crippen molar-refractivity contribution in [1.29, 1.82) is 0 Å². The van der Waals surface area contributed by atoms with E-state index in [4.69, 9.17) is 5.11 Å². The van der Waals surface area contributed by atoms with Crippen molar-refractivity contribution in [3.05, 3.63) is 30.1 Å². The predicted molar refractivity (Wildman–Crippen MR) is 95.3 cm³/mol. The molecule has 2 heterocycles. The Morgan fingerprint density at radius 1 is 0.846 bits per heavy atom. The van der Waals surface area contributed by atoms with Gasteiger partial charge in [-0.25, -0.2) is 4.39 Å². The number of β-amino-alcohol motifs (C(OH)–C–C–N with tert-alkyl or cyclic N) is 1. The Bertz CT molecular complexity index is 624. The molecule has 2 amide bonds. The van der Waals surface area contributed by atoms with E-state index in [2.05, 4.69) is 9.80 Å². The third-order valence-corrected chi connectivity index (χ3v) is 5.02. The zero-order valence-electron chi connectivity index (χ0n) is 14.8. The quantitative estimate of drug-likeness (QED) is 0.740. The number of aliphatic hydroxyl groups excluding tert-OH is 1. The summed E-state index contributed by atoms with van der Waals surface area (Å²) in [7, 11) is 0. The smallest absolute Gasteiger partial charge is 0.312 e. The Kier molecular flexibility index (Phi) is 6.05. The molecule has 0 saturated carbocycles. The van der Waals surface area contributed by atoms with E-state index in [1.165, 1.54) is 12.1 Å². The third kappa shape index (κ3) is 4.31. The number of carbonyl (C=O) groups is 2. The summed E-state index contributed by atoms with van der Waals surface area (Å²) in [5, 5.41) is 8.96. The molecule has 0 aliphatic carbocycles. The first kappa shape index (κ1) is 18.6. The van der Waals surface area contributed by atoms with Crippen LogP contribution in [-0.2, 0) is 9.59 Å². The molecule has 2 fully saturated rings. The van der Waals surface area contributed by atoms with Crippen LogP contribution in [0.1, 0.15) is 0 Å². The lowest BCUT2D eigenvalue weighted by molar-refractivity contribution is -0.153. The summed E-state index contributed by atoms with van der Waals surface area (Å²) in [6.45, 7) is 5.28. The van der Waals surface area contributed by atoms with Gasteiger partial charge in [-0.15, -0.1) is 0 Å². The molecule has 3 rings (SSSR count). The number of carbonyl (C=O) groups excluding carboxylic acids is 2. The van der Waals surface area contributed by atoms with E-state index < -0.39 is 11.8 Å². The minimum Gasteiger partial charge on any atom is -0.395 e. The van der Waals surface area contributed by atoms with E-state index in [1.807, 2.05) is 0 Å². The van der Waals surface area contributed by atoms with Crippen molar-refractivity contribution < 1.29 is 19.1 Å². The van der Waals surface area contributed by atoms with Crippen LogP contribution >= 0.6 is 0 Å². The maximum atomic E-state index is 13.0. The van der Waals surface area contributed by atoms with E-state index in [9.17, 15) is 14.0 Å². The number of hydrogen-bond acceptors (Lipinski definition) is 5. The van der Waals surface area contributed by atoms with Gasteiger partial charge in [-0.3, -0.25) is 14.5 Å². The van der Waals surface area contributed by atoms with Gasteiger partial charge in [0.25, 0.3) is 0 Å². The Hall–Kier alpha value is -2.19. The highest BCUT2D eigenvalue weighted by molar-refractivity contribution is 6.35. The molecule has 26 heavy (non-hydrogen) atoms. The van der Waals surface area contributed by atoms with Gasteiger partial charge in [-0.1, -0.05) is 0 Å². The van der Waals surface area contributed by atoms with Crippen LogP contribution in [-0.4, -0.2) is 97.1 Å². The van der Waals surface area contributed by atoms with Gasteiger partial charge in [0.2, 0.25) is 0 Å². The highest BCUT2D eigenvalue weighted by atomic mass is 19.1. The molecular weight excluding hydrogens is 339 g/mol. The van der Waals surface area contributed by atoms with Gasteiger partial charge in [-0.2, -0.15) is 0 Å². The SMILES string of the molecule is O=C(C(=O)N1CCN(c2ccc(F)cc2)CC1)N1CCN(CCO)CC1. The van der Waals surface area contributed by atoms with Crippen molar-refractivity contribution in [2.45, 2.75) is 0 Å². The van der Waals surface area contributed by atoms with E-state index >= 15 is 0 Å². The zero-order valence-corrected chi connectivity index (χ0v) is 14.8. The molecule has 0 spiro atoms. The summed E-state index contributed by atoms with van der Waals surface area (Å²) < 4.78 is 13.0. The highest BCUT2D eigenvalue weighted by Crippen LogP contribution is 2.17. The summed E-state index contributed by atoms with van der Waals surface area (Å²) in [5.74, 6) is -1.16. The number of benzene rings is 1. The topological polar surface area (TPSA) is 67.3 Å². The van der Waals surface area contributed by atoms with Crippen molar-refractivity contribution in [2.24, 2.45) is 0 Å². The second-order valence-electron chi connectivity index (χ2n) is 6.61. The summed E-state index contributed by atoms with van der Waals surface area (Å²) in [6.07, 6.45) is 0. The minimum atomic E-state index is -0.445. The molecule has 1 aromatic carbocycles. The molecule has 0 bridgehead atoms. The standard InChI is InChI=1S/C18H25FN4O3/c19-15-1-3-16(4-2-15)21-9-11-23(12-10-21)18(26)17(25)22-7-5-20(6-8-22)13-14-24/h1-4,24H,5-14H2. The van der Waals surface area contributed by atoms with Crippen LogP contribution in [0.5, 0.6) is 0 Å². The van der Waals surface area contributed by atoms with Crippen LogP contribution in [0.2, 0.25) is 0 Å². The number of anilines is 1. The lowest BCUT2D eigenvalue weighted by Crippen LogP contribution is -2.56. The van der Waals surface area contributed by atoms with Crippen LogP contribution in [0, 0.1) is 5.82 Å². The molecule has 0 radical (unpaired) electrons. The van der Waals surface area contributed by atoms with Gasteiger partial charge >= 0.3 is 11.8 Å². The second-order valence-corrected chi connectivity index (χ2v) is 6.61. The van der Waals surface area contributed by atoms with Gasteiger partial charge in [0.15, 0.2) is 0 Å². The number of amides is 2. The monoisotopic (exact) mass is 364 g/mol. The van der Waals surface area contributed by atoms with Crippen LogP contribution in [0.4, 0.5) is 10.1 Å². The van der Waals surface area contributed by atoms with Crippen molar-refractivity contribution in [2.75, 3.05) is 70.4 Å². The van der Waals surface area contributed by atoms with Gasteiger partial charge in [0.05, 0.1) is 6.61 Å². The molecule has 0 aromatic heterocycles. The van der Waals surface area contributed by atoms with Gasteiger partial charge < -0.3 is 19.8 Å². The summed E-state index contributed by atoms with van der Waals surface area (Å²) in [6, 6.07) is 6.30. The first-order valence-electron chi connectivity index (χ1n) is 9.00. The van der Waals surface area contributed by atoms with Crippen molar-refractivity contribution in [3.8, 4) is 0 Å². The number of piperazine rings is 2. The lowest BCUT2D eigenvalue weighted by Gasteiger charge is -2.38. The van der Waals surface area contributed by atoms with E-state index in [0.717, 1.165) is 5.69 Å². The molecule has 2 aliphatic heterocycles. The van der Waals surface area contributed by atoms with Crippen molar-refractivity contribution in [3.63, 3.8) is 0 Å². The fourth-order valence-electron chi connectivity index (χ4n) is 3.41. The lowest BCUT2D eigenvalue weighted by atomic mass is 10.2. The number of halogens is 1. The molecule has 8 heteroatoms. The van der Waals surface area contributed by atoms with Crippen LogP contribution in [0.3, 0.4) is 0 Å². The molecule has 2 saturated heterocycles. The number of hydrogen-bond donors (Lipinski definition) is 1. The fourth-order valence-corrected chi connectivity index (χ4v) is 3.41. The van der Waals surface area contributed by atoms with Crippen LogP contribution in [0.25, 0.3) is 0 Å². The van der Waals surface area contributed by atoms with Crippen LogP contribution < -0.4 is 4.90 Å². The molecule has 1 N–H and O–H groups in total. The average Bonchev–Trinajstić information content (AvgIpc) is 2.68. The summed E-state index contributed by atoms with van der Waals surface area (Å²) in [4.78, 5) is 32.3. The fraction of sp³-hybridized carbons (Fsp3) is 0.556. The van der Waals surface area contributed by atoms with Gasteiger partial charge in [-0.05, 0) is 24.3 Å².